The molecule has 32 heavy (non-hydrogen) atoms. The summed E-state index contributed by atoms with van der Waals surface area (Å²) in [6, 6.07) is 14.5. The van der Waals surface area contributed by atoms with Crippen molar-refractivity contribution in [3.63, 3.8) is 0 Å². The van der Waals surface area contributed by atoms with E-state index in [1.54, 1.807) is 23.9 Å². The van der Waals surface area contributed by atoms with Gasteiger partial charge in [-0.2, -0.15) is 10.1 Å². The number of nitrogens with one attached hydrogen (secondary N) is 1. The van der Waals surface area contributed by atoms with Crippen molar-refractivity contribution in [3.8, 4) is 5.75 Å². The van der Waals surface area contributed by atoms with Crippen molar-refractivity contribution < 1.29 is 19.1 Å². The topological polar surface area (TPSA) is 95.3 Å². The molecular formula is C24H22N4O4. The molecule has 0 amide bonds. The normalized spacial score (nSPS) is 19.6. The molecule has 0 radical (unpaired) electrons. The molecule has 0 saturated heterocycles. The van der Waals surface area contributed by atoms with Crippen molar-refractivity contribution in [2.45, 2.75) is 24.8 Å². The van der Waals surface area contributed by atoms with Gasteiger partial charge in [0, 0.05) is 17.7 Å². The fourth-order valence-electron chi connectivity index (χ4n) is 4.49. The number of Topliss-reactive ketones (excluding diaryl/α,β-unsaturated/α-hetero) is 1. The van der Waals surface area contributed by atoms with E-state index in [2.05, 4.69) is 15.4 Å². The molecule has 8 nitrogen and oxygen atoms in total. The van der Waals surface area contributed by atoms with Gasteiger partial charge >= 0.3 is 5.97 Å². The van der Waals surface area contributed by atoms with Gasteiger partial charge in [0.05, 0.1) is 19.8 Å². The molecule has 0 bridgehead atoms. The first kappa shape index (κ1) is 20.0. The van der Waals surface area contributed by atoms with E-state index >= 15 is 0 Å². The van der Waals surface area contributed by atoms with Crippen LogP contribution in [0.4, 0.5) is 5.95 Å². The Hall–Kier alpha value is -3.94. The van der Waals surface area contributed by atoms with Gasteiger partial charge in [-0.25, -0.2) is 9.48 Å². The second kappa shape index (κ2) is 7.96. The van der Waals surface area contributed by atoms with Gasteiger partial charge in [-0.3, -0.25) is 4.79 Å². The lowest BCUT2D eigenvalue weighted by molar-refractivity contribution is -0.116. The summed E-state index contributed by atoms with van der Waals surface area (Å²) < 4.78 is 11.8. The molecular weight excluding hydrogens is 408 g/mol. The van der Waals surface area contributed by atoms with Crippen LogP contribution in [0.2, 0.25) is 0 Å². The minimum Gasteiger partial charge on any atom is -0.497 e. The lowest BCUT2D eigenvalue weighted by atomic mass is 9.78. The minimum atomic E-state index is -0.403. The molecule has 1 aromatic heterocycles. The van der Waals surface area contributed by atoms with Crippen LogP contribution in [-0.4, -0.2) is 40.7 Å². The predicted molar refractivity (Wildman–Crippen MR) is 117 cm³/mol. The standard InChI is InChI=1S/C24H22N4O4/c1-31-18-9-7-14(8-10-18)17-11-19-21(20(29)12-17)22(28-24(27-19)25-13-26-28)15-3-5-16(6-4-15)23(30)32-2/h3-10,13,17,22H,11-12H2,1-2H3,(H,25,26,27)/t17-,22+/m0/s1. The van der Waals surface area contributed by atoms with Crippen molar-refractivity contribution in [1.82, 2.24) is 14.8 Å². The molecule has 0 fully saturated rings. The molecule has 0 unspecified atom stereocenters. The van der Waals surface area contributed by atoms with E-state index in [0.29, 0.717) is 29.9 Å². The zero-order valence-corrected chi connectivity index (χ0v) is 17.7. The van der Waals surface area contributed by atoms with Crippen LogP contribution in [0.15, 0.2) is 66.1 Å². The highest BCUT2D eigenvalue weighted by atomic mass is 16.5. The molecule has 5 rings (SSSR count). The third-order valence-electron chi connectivity index (χ3n) is 6.10. The van der Waals surface area contributed by atoms with E-state index < -0.39 is 12.0 Å². The predicted octanol–water partition coefficient (Wildman–Crippen LogP) is 3.49. The number of aromatic nitrogens is 3. The van der Waals surface area contributed by atoms with Gasteiger partial charge in [0.15, 0.2) is 5.78 Å². The Bertz CT molecular complexity index is 1210. The molecule has 8 heteroatoms. The van der Waals surface area contributed by atoms with Gasteiger partial charge in [0.25, 0.3) is 0 Å². The van der Waals surface area contributed by atoms with Crippen LogP contribution < -0.4 is 10.1 Å². The third-order valence-corrected chi connectivity index (χ3v) is 6.10. The first-order valence-corrected chi connectivity index (χ1v) is 10.3. The second-order valence-electron chi connectivity index (χ2n) is 7.86. The Morgan fingerprint density at radius 2 is 1.75 bits per heavy atom. The number of ketones is 1. The first-order chi connectivity index (χ1) is 15.6. The SMILES string of the molecule is COC(=O)c1ccc([C@@H]2C3=C(C[C@H](c4ccc(OC)cc4)CC3=O)Nc3ncnn32)cc1. The van der Waals surface area contributed by atoms with Gasteiger partial charge in [0.1, 0.15) is 18.1 Å². The number of hydrogen-bond acceptors (Lipinski definition) is 7. The molecule has 3 aromatic rings. The number of esters is 1. The summed E-state index contributed by atoms with van der Waals surface area (Å²) in [4.78, 5) is 29.6. The van der Waals surface area contributed by atoms with E-state index in [9.17, 15) is 9.59 Å². The van der Waals surface area contributed by atoms with E-state index in [1.807, 2.05) is 36.4 Å². The third kappa shape index (κ3) is 3.33. The number of nitrogens with zero attached hydrogens (tertiary/aromatic N) is 3. The van der Waals surface area contributed by atoms with Crippen LogP contribution in [0, 0.1) is 0 Å². The lowest BCUT2D eigenvalue weighted by Gasteiger charge is -2.35. The average molecular weight is 430 g/mol. The van der Waals surface area contributed by atoms with Crippen molar-refractivity contribution in [3.05, 3.63) is 82.8 Å². The molecule has 1 aliphatic heterocycles. The number of benzene rings is 2. The maximum atomic E-state index is 13.4. The van der Waals surface area contributed by atoms with Crippen molar-refractivity contribution in [2.24, 2.45) is 0 Å². The molecule has 2 atom stereocenters. The van der Waals surface area contributed by atoms with Crippen LogP contribution >= 0.6 is 0 Å². The molecule has 0 spiro atoms. The maximum absolute atomic E-state index is 13.4. The number of hydrogen-bond donors (Lipinski definition) is 1. The number of methoxy groups -OCH3 is 2. The Balaban J connectivity index is 1.52. The number of carbonyl (C=O) groups is 2. The van der Waals surface area contributed by atoms with Gasteiger partial charge < -0.3 is 14.8 Å². The second-order valence-corrected chi connectivity index (χ2v) is 7.86. The quantitative estimate of drug-likeness (QED) is 0.633. The molecule has 2 aromatic carbocycles. The summed E-state index contributed by atoms with van der Waals surface area (Å²) in [7, 11) is 2.98. The zero-order chi connectivity index (χ0) is 22.2. The summed E-state index contributed by atoms with van der Waals surface area (Å²) in [5, 5.41) is 7.68. The Morgan fingerprint density at radius 3 is 2.44 bits per heavy atom. The Labute approximate surface area is 184 Å². The van der Waals surface area contributed by atoms with E-state index in [-0.39, 0.29) is 11.7 Å². The van der Waals surface area contributed by atoms with E-state index in [1.165, 1.54) is 13.4 Å². The number of carbonyl (C=O) groups excluding carboxylic acids is 2. The Kier molecular flexibility index (Phi) is 4.97. The van der Waals surface area contributed by atoms with Crippen molar-refractivity contribution in [1.29, 1.82) is 0 Å². The maximum Gasteiger partial charge on any atom is 0.337 e. The van der Waals surface area contributed by atoms with Crippen LogP contribution in [0.5, 0.6) is 5.75 Å². The molecule has 1 N–H and O–H groups in total. The summed E-state index contributed by atoms with van der Waals surface area (Å²) in [5.74, 6) is 1.11. The monoisotopic (exact) mass is 430 g/mol. The number of ether oxygens (including phenoxy) is 2. The first-order valence-electron chi connectivity index (χ1n) is 10.3. The molecule has 2 heterocycles. The molecule has 162 valence electrons. The Morgan fingerprint density at radius 1 is 1.03 bits per heavy atom. The largest absolute Gasteiger partial charge is 0.497 e. The van der Waals surface area contributed by atoms with Crippen LogP contribution in [0.1, 0.15) is 46.3 Å². The molecule has 2 aliphatic rings. The van der Waals surface area contributed by atoms with E-state index in [4.69, 9.17) is 9.47 Å². The van der Waals surface area contributed by atoms with Crippen LogP contribution in [0.3, 0.4) is 0 Å². The smallest absolute Gasteiger partial charge is 0.337 e. The summed E-state index contributed by atoms with van der Waals surface area (Å²) in [5.41, 5.74) is 3.96. The van der Waals surface area contributed by atoms with Crippen molar-refractivity contribution >= 4 is 17.7 Å². The number of rotatable bonds is 4. The summed E-state index contributed by atoms with van der Waals surface area (Å²) >= 11 is 0. The molecule has 1 aliphatic carbocycles. The van der Waals surface area contributed by atoms with Gasteiger partial charge in [-0.15, -0.1) is 0 Å². The van der Waals surface area contributed by atoms with Crippen LogP contribution in [-0.2, 0) is 9.53 Å². The number of anilines is 1. The zero-order valence-electron chi connectivity index (χ0n) is 17.7. The summed E-state index contributed by atoms with van der Waals surface area (Å²) in [6.07, 6.45) is 2.58. The highest BCUT2D eigenvalue weighted by molar-refractivity contribution is 6.00. The highest BCUT2D eigenvalue weighted by Crippen LogP contribution is 2.43. The summed E-state index contributed by atoms with van der Waals surface area (Å²) in [6.45, 7) is 0. The lowest BCUT2D eigenvalue weighted by Crippen LogP contribution is -2.33. The fraction of sp³-hybridized carbons (Fsp3) is 0.250. The van der Waals surface area contributed by atoms with Crippen LogP contribution in [0.25, 0.3) is 0 Å². The minimum absolute atomic E-state index is 0.0662. The molecule has 0 saturated carbocycles. The number of fused-ring (bicyclic) bond motifs is 1. The van der Waals surface area contributed by atoms with E-state index in [0.717, 1.165) is 22.6 Å². The van der Waals surface area contributed by atoms with Gasteiger partial charge in [-0.1, -0.05) is 24.3 Å². The van der Waals surface area contributed by atoms with Gasteiger partial charge in [-0.05, 0) is 47.7 Å². The number of allylic oxidation sites excluding steroid dienone is 2. The van der Waals surface area contributed by atoms with Gasteiger partial charge in [0.2, 0.25) is 5.95 Å². The fourth-order valence-corrected chi connectivity index (χ4v) is 4.49. The highest BCUT2D eigenvalue weighted by Gasteiger charge is 2.39. The van der Waals surface area contributed by atoms with Crippen molar-refractivity contribution in [2.75, 3.05) is 19.5 Å². The average Bonchev–Trinajstić information content (AvgIpc) is 3.30.